The van der Waals surface area contributed by atoms with Gasteiger partial charge in [0.05, 0.1) is 16.8 Å². The number of aromatic nitrogens is 1. The van der Waals surface area contributed by atoms with Crippen molar-refractivity contribution in [3.8, 4) is 21.9 Å². The number of carbonyl (C=O) groups excluding carboxylic acids is 2. The number of aromatic amines is 1. The fourth-order valence-electron chi connectivity index (χ4n) is 4.08. The van der Waals surface area contributed by atoms with Crippen LogP contribution >= 0.6 is 11.3 Å². The highest BCUT2D eigenvalue weighted by atomic mass is 32.1. The van der Waals surface area contributed by atoms with Crippen molar-refractivity contribution in [2.24, 2.45) is 0 Å². The van der Waals surface area contributed by atoms with E-state index < -0.39 is 12.3 Å². The van der Waals surface area contributed by atoms with Crippen molar-refractivity contribution in [2.45, 2.75) is 19.6 Å². The lowest BCUT2D eigenvalue weighted by molar-refractivity contribution is -0.152. The highest BCUT2D eigenvalue weighted by Gasteiger charge is 2.31. The summed E-state index contributed by atoms with van der Waals surface area (Å²) in [4.78, 5) is 28.6. The van der Waals surface area contributed by atoms with Gasteiger partial charge in [0.1, 0.15) is 13.2 Å². The summed E-state index contributed by atoms with van der Waals surface area (Å²) in [5, 5.41) is 2.95. The minimum atomic E-state index is -0.790. The number of nitrogens with one attached hydrogen (secondary N) is 1. The van der Waals surface area contributed by atoms with Gasteiger partial charge < -0.3 is 23.9 Å². The Morgan fingerprint density at radius 3 is 2.94 bits per heavy atom. The second kappa shape index (κ2) is 6.75. The number of ether oxygens (including phenoxy) is 4. The minimum Gasteiger partial charge on any atom is -0.485 e. The van der Waals surface area contributed by atoms with Gasteiger partial charge in [-0.25, -0.2) is 4.79 Å². The summed E-state index contributed by atoms with van der Waals surface area (Å²) in [5.41, 5.74) is 4.46. The lowest BCUT2D eigenvalue weighted by Crippen LogP contribution is -2.14. The number of thiophene rings is 1. The van der Waals surface area contributed by atoms with Crippen molar-refractivity contribution >= 4 is 34.0 Å². The van der Waals surface area contributed by atoms with Gasteiger partial charge in [0.15, 0.2) is 11.5 Å². The maximum absolute atomic E-state index is 12.9. The van der Waals surface area contributed by atoms with Crippen molar-refractivity contribution in [2.75, 3.05) is 13.2 Å². The topological polar surface area (TPSA) is 86.8 Å². The van der Waals surface area contributed by atoms with Crippen LogP contribution in [-0.2, 0) is 20.7 Å². The quantitative estimate of drug-likeness (QED) is 0.378. The van der Waals surface area contributed by atoms with Gasteiger partial charge >= 0.3 is 5.97 Å². The zero-order valence-electron chi connectivity index (χ0n) is 16.5. The van der Waals surface area contributed by atoms with Crippen molar-refractivity contribution in [3.63, 3.8) is 0 Å². The first-order chi connectivity index (χ1) is 15.1. The van der Waals surface area contributed by atoms with Crippen molar-refractivity contribution in [1.82, 2.24) is 4.98 Å². The Morgan fingerprint density at radius 2 is 2.10 bits per heavy atom. The molecule has 0 amide bonds. The van der Waals surface area contributed by atoms with E-state index in [2.05, 4.69) is 11.1 Å². The van der Waals surface area contributed by atoms with Gasteiger partial charge in [0, 0.05) is 39.9 Å². The average molecular weight is 435 g/mol. The molecule has 1 unspecified atom stereocenters. The number of cyclic esters (lactones) is 1. The van der Waals surface area contributed by atoms with Crippen LogP contribution in [0.2, 0.25) is 0 Å². The molecule has 0 spiro atoms. The molecule has 3 aromatic rings. The van der Waals surface area contributed by atoms with E-state index in [1.54, 1.807) is 24.3 Å². The van der Waals surface area contributed by atoms with Gasteiger partial charge in [0.25, 0.3) is 6.29 Å². The van der Waals surface area contributed by atoms with Gasteiger partial charge in [0.2, 0.25) is 5.78 Å². The summed E-state index contributed by atoms with van der Waals surface area (Å²) >= 11 is 1.58. The van der Waals surface area contributed by atoms with E-state index in [-0.39, 0.29) is 5.78 Å². The molecule has 1 atom stereocenters. The van der Waals surface area contributed by atoms with Crippen LogP contribution in [0.4, 0.5) is 0 Å². The minimum absolute atomic E-state index is 0.108. The van der Waals surface area contributed by atoms with Crippen LogP contribution in [0.3, 0.4) is 0 Å². The van der Waals surface area contributed by atoms with Crippen LogP contribution < -0.4 is 9.47 Å². The summed E-state index contributed by atoms with van der Waals surface area (Å²) in [6.45, 7) is 2.75. The number of hydrogen-bond acceptors (Lipinski definition) is 7. The number of ketones is 1. The molecule has 8 heteroatoms. The predicted octanol–water partition coefficient (Wildman–Crippen LogP) is 4.14. The van der Waals surface area contributed by atoms with E-state index in [4.69, 9.17) is 18.9 Å². The highest BCUT2D eigenvalue weighted by molar-refractivity contribution is 7.14. The number of carbonyl (C=O) groups is 2. The average Bonchev–Trinajstić information content (AvgIpc) is 3.51. The second-order valence-corrected chi connectivity index (χ2v) is 8.48. The van der Waals surface area contributed by atoms with Crippen molar-refractivity contribution in [1.29, 1.82) is 0 Å². The number of fused-ring (bicyclic) bond motifs is 4. The zero-order chi connectivity index (χ0) is 21.1. The second-order valence-electron chi connectivity index (χ2n) is 7.60. The summed E-state index contributed by atoms with van der Waals surface area (Å²) in [7, 11) is 0. The number of hydrogen-bond donors (Lipinski definition) is 1. The number of benzene rings is 1. The molecule has 6 rings (SSSR count). The van der Waals surface area contributed by atoms with E-state index in [0.29, 0.717) is 36.5 Å². The van der Waals surface area contributed by atoms with Crippen LogP contribution in [0.1, 0.15) is 23.0 Å². The Kier molecular flexibility index (Phi) is 3.97. The molecule has 0 radical (unpaired) electrons. The molecule has 1 N–H and O–H groups in total. The van der Waals surface area contributed by atoms with Crippen LogP contribution in [-0.4, -0.2) is 36.2 Å². The van der Waals surface area contributed by atoms with Crippen LogP contribution in [0.5, 0.6) is 11.5 Å². The monoisotopic (exact) mass is 435 g/mol. The molecule has 1 aromatic carbocycles. The molecule has 1 aliphatic carbocycles. The maximum Gasteiger partial charge on any atom is 0.336 e. The number of rotatable bonds is 3. The molecule has 0 saturated heterocycles. The van der Waals surface area contributed by atoms with Crippen molar-refractivity contribution in [3.05, 3.63) is 58.3 Å². The predicted molar refractivity (Wildman–Crippen MR) is 113 cm³/mol. The molecular weight excluding hydrogens is 418 g/mol. The van der Waals surface area contributed by atoms with Crippen molar-refractivity contribution < 1.29 is 28.5 Å². The number of Topliss-reactive ketones (excluding diaryl/α,β-unsaturated/α-hetero) is 1. The molecule has 0 fully saturated rings. The van der Waals surface area contributed by atoms with Gasteiger partial charge in [-0.05, 0) is 30.2 Å². The first kappa shape index (κ1) is 18.3. The largest absolute Gasteiger partial charge is 0.485 e. The zero-order valence-corrected chi connectivity index (χ0v) is 17.3. The number of H-pyrrole nitrogens is 1. The molecule has 4 heterocycles. The fraction of sp³-hybridized carbons (Fsp3) is 0.217. The number of esters is 1. The summed E-state index contributed by atoms with van der Waals surface area (Å²) in [6.07, 6.45) is 2.65. The molecule has 0 saturated carbocycles. The molecular formula is C23H17NO6S. The summed E-state index contributed by atoms with van der Waals surface area (Å²) in [5.74, 6) is 1.04. The third kappa shape index (κ3) is 2.86. The van der Waals surface area contributed by atoms with Gasteiger partial charge in [-0.1, -0.05) is 6.07 Å². The summed E-state index contributed by atoms with van der Waals surface area (Å²) < 4.78 is 22.1. The first-order valence-corrected chi connectivity index (χ1v) is 10.8. The lowest BCUT2D eigenvalue weighted by atomic mass is 10.1. The fourth-order valence-corrected chi connectivity index (χ4v) is 5.01. The normalized spacial score (nSPS) is 20.9. The molecule has 31 heavy (non-hydrogen) atoms. The Morgan fingerprint density at radius 1 is 1.23 bits per heavy atom. The molecule has 7 nitrogen and oxygen atoms in total. The maximum atomic E-state index is 12.9. The van der Waals surface area contributed by atoms with E-state index in [0.717, 1.165) is 38.4 Å². The molecule has 0 bridgehead atoms. The molecule has 2 aromatic heterocycles. The van der Waals surface area contributed by atoms with Gasteiger partial charge in [-0.2, -0.15) is 0 Å². The van der Waals surface area contributed by atoms with Gasteiger partial charge in [-0.15, -0.1) is 11.3 Å². The molecule has 156 valence electrons. The van der Waals surface area contributed by atoms with E-state index in [1.165, 1.54) is 6.26 Å². The standard InChI is InChI=1S/C23H17NO6S/c1-11-6-18(30-23(11)26)29-9-13-8-15-14-7-12(2-3-16(14)24-19(15)20(13)25)22-21-17(10-31-22)27-4-5-28-21/h2-3,6-7,9-10,18,24H,4-5,8H2,1H3/b13-9+. The number of allylic oxidation sites excluding steroid dienone is 1. The van der Waals surface area contributed by atoms with Crippen LogP contribution in [0.15, 0.2) is 47.1 Å². The Hall–Kier alpha value is -3.52. The van der Waals surface area contributed by atoms with E-state index in [9.17, 15) is 9.59 Å². The van der Waals surface area contributed by atoms with E-state index in [1.807, 2.05) is 17.5 Å². The Bertz CT molecular complexity index is 1330. The summed E-state index contributed by atoms with van der Waals surface area (Å²) in [6, 6.07) is 6.08. The Balaban J connectivity index is 1.32. The van der Waals surface area contributed by atoms with E-state index >= 15 is 0 Å². The first-order valence-electron chi connectivity index (χ1n) is 9.89. The smallest absolute Gasteiger partial charge is 0.336 e. The van der Waals surface area contributed by atoms with Crippen LogP contribution in [0, 0.1) is 0 Å². The highest BCUT2D eigenvalue weighted by Crippen LogP contribution is 2.46. The SMILES string of the molecule is CC1=CC(O/C=C2\Cc3c([nH]c4ccc(-c5scc6c5OCCO6)cc34)C2=O)OC1=O. The molecule has 3 aliphatic rings. The molecule has 2 aliphatic heterocycles. The Labute approximate surface area is 180 Å². The third-order valence-electron chi connectivity index (χ3n) is 5.63. The third-order valence-corrected chi connectivity index (χ3v) is 6.62. The lowest BCUT2D eigenvalue weighted by Gasteiger charge is -2.16. The van der Waals surface area contributed by atoms with Gasteiger partial charge in [-0.3, -0.25) is 4.79 Å². The van der Waals surface area contributed by atoms with Crippen LogP contribution in [0.25, 0.3) is 21.3 Å².